The topological polar surface area (TPSA) is 144 Å². The molecule has 1 aromatic carbocycles. The fraction of sp³-hybridized carbons (Fsp3) is 0.222. The second kappa shape index (κ2) is 5.31. The van der Waals surface area contributed by atoms with Gasteiger partial charge in [0.25, 0.3) is 0 Å². The van der Waals surface area contributed by atoms with Crippen molar-refractivity contribution < 1.29 is 14.8 Å². The predicted octanol–water partition coefficient (Wildman–Crippen LogP) is -0.581. The van der Waals surface area contributed by atoms with Gasteiger partial charge in [0, 0.05) is 0 Å². The van der Waals surface area contributed by atoms with Crippen molar-refractivity contribution in [3.05, 3.63) is 22.2 Å². The van der Waals surface area contributed by atoms with Gasteiger partial charge in [0.05, 0.1) is 0 Å². The van der Waals surface area contributed by atoms with Gasteiger partial charge in [-0.15, -0.1) is 0 Å². The Kier molecular flexibility index (Phi) is 3.74. The molecule has 0 aliphatic heterocycles. The van der Waals surface area contributed by atoms with Crippen LogP contribution in [0.15, 0.2) is 12.1 Å². The third-order valence-electron chi connectivity index (χ3n) is 2.42. The SMILES string of the molecule is N[C@H](CNc1ccc([N+](=O)[O-])c2n[se]nc12)C(=O)O. The Balaban J connectivity index is 2.30. The molecule has 0 radical (unpaired) electrons. The standard InChI is InChI=1S/C9H9N5O4Se/c10-4(9(15)16)3-11-5-1-2-6(14(17)18)8-7(5)12-19-13-8/h1-2,4,11H,3,10H2,(H,15,16)/t4-/m1/s1. The van der Waals surface area contributed by atoms with Gasteiger partial charge in [0.2, 0.25) is 0 Å². The van der Waals surface area contributed by atoms with Crippen LogP contribution in [0.3, 0.4) is 0 Å². The monoisotopic (exact) mass is 331 g/mol. The summed E-state index contributed by atoms with van der Waals surface area (Å²) in [5, 5.41) is 22.3. The number of nitro benzene ring substituents is 1. The number of nitrogens with two attached hydrogens (primary N) is 1. The van der Waals surface area contributed by atoms with Gasteiger partial charge < -0.3 is 0 Å². The zero-order chi connectivity index (χ0) is 14.0. The molecule has 100 valence electrons. The van der Waals surface area contributed by atoms with E-state index in [1.807, 2.05) is 0 Å². The fourth-order valence-electron chi connectivity index (χ4n) is 1.45. The second-order valence-corrected chi connectivity index (χ2v) is 4.79. The van der Waals surface area contributed by atoms with Gasteiger partial charge in [0.15, 0.2) is 0 Å². The van der Waals surface area contributed by atoms with Crippen molar-refractivity contribution in [3.8, 4) is 0 Å². The van der Waals surface area contributed by atoms with Crippen LogP contribution in [0.25, 0.3) is 11.0 Å². The molecular formula is C9H9N5O4Se. The first kappa shape index (κ1) is 13.4. The minimum atomic E-state index is -1.13. The third-order valence-corrected chi connectivity index (χ3v) is 3.53. The van der Waals surface area contributed by atoms with E-state index in [0.29, 0.717) is 11.2 Å². The minimum absolute atomic E-state index is 0.00209. The van der Waals surface area contributed by atoms with Gasteiger partial charge >= 0.3 is 112 Å². The van der Waals surface area contributed by atoms with Crippen LogP contribution >= 0.6 is 0 Å². The number of carboxylic acid groups (broad SMARTS) is 1. The number of nitro groups is 1. The summed E-state index contributed by atoms with van der Waals surface area (Å²) in [6.45, 7) is 0.00209. The number of carboxylic acids is 1. The molecule has 0 fully saturated rings. The number of rotatable bonds is 5. The summed E-state index contributed by atoms with van der Waals surface area (Å²) in [6.07, 6.45) is 0. The van der Waals surface area contributed by atoms with Gasteiger partial charge in [-0.05, 0) is 0 Å². The van der Waals surface area contributed by atoms with Crippen molar-refractivity contribution in [2.45, 2.75) is 6.04 Å². The summed E-state index contributed by atoms with van der Waals surface area (Å²) in [7, 11) is 0. The summed E-state index contributed by atoms with van der Waals surface area (Å²) in [4.78, 5) is 20.9. The molecule has 1 aromatic heterocycles. The van der Waals surface area contributed by atoms with Gasteiger partial charge in [-0.3, -0.25) is 0 Å². The van der Waals surface area contributed by atoms with Crippen LogP contribution in [0.5, 0.6) is 0 Å². The predicted molar refractivity (Wildman–Crippen MR) is 67.2 cm³/mol. The van der Waals surface area contributed by atoms with Crippen LogP contribution in [0.2, 0.25) is 0 Å². The quantitative estimate of drug-likeness (QED) is 0.375. The Morgan fingerprint density at radius 1 is 1.53 bits per heavy atom. The average Bonchev–Trinajstić information content (AvgIpc) is 2.83. The van der Waals surface area contributed by atoms with E-state index < -0.39 is 31.9 Å². The van der Waals surface area contributed by atoms with E-state index in [0.717, 1.165) is 0 Å². The Labute approximate surface area is 112 Å². The van der Waals surface area contributed by atoms with Crippen molar-refractivity contribution in [1.82, 2.24) is 7.96 Å². The number of aliphatic carboxylic acids is 1. The second-order valence-electron chi connectivity index (χ2n) is 3.68. The van der Waals surface area contributed by atoms with Crippen molar-refractivity contribution in [2.75, 3.05) is 11.9 Å². The van der Waals surface area contributed by atoms with Crippen molar-refractivity contribution in [3.63, 3.8) is 0 Å². The number of hydrogen-bond donors (Lipinski definition) is 3. The Morgan fingerprint density at radius 2 is 2.21 bits per heavy atom. The van der Waals surface area contributed by atoms with Crippen molar-refractivity contribution in [2.24, 2.45) is 5.73 Å². The molecule has 0 aliphatic rings. The first-order valence-electron chi connectivity index (χ1n) is 5.12. The van der Waals surface area contributed by atoms with Gasteiger partial charge in [0.1, 0.15) is 0 Å². The third kappa shape index (κ3) is 2.70. The van der Waals surface area contributed by atoms with Gasteiger partial charge in [-0.25, -0.2) is 0 Å². The van der Waals surface area contributed by atoms with E-state index in [2.05, 4.69) is 13.3 Å². The molecule has 10 heteroatoms. The van der Waals surface area contributed by atoms with Crippen LogP contribution in [0.1, 0.15) is 0 Å². The molecule has 9 nitrogen and oxygen atoms in total. The number of nitrogens with zero attached hydrogens (tertiary/aromatic N) is 3. The molecule has 2 aromatic rings. The molecule has 0 aliphatic carbocycles. The summed E-state index contributed by atoms with van der Waals surface area (Å²) < 4.78 is 8.12. The summed E-state index contributed by atoms with van der Waals surface area (Å²) >= 11 is -0.417. The molecule has 1 heterocycles. The first-order valence-corrected chi connectivity index (χ1v) is 6.66. The molecule has 0 unspecified atom stereocenters. The number of fused-ring (bicyclic) bond motifs is 1. The molecule has 0 spiro atoms. The molecule has 4 N–H and O–H groups in total. The first-order chi connectivity index (χ1) is 9.00. The molecule has 2 rings (SSSR count). The summed E-state index contributed by atoms with van der Waals surface area (Å²) in [5.41, 5.74) is 6.39. The maximum atomic E-state index is 10.8. The molecular weight excluding hydrogens is 321 g/mol. The van der Waals surface area contributed by atoms with E-state index in [-0.39, 0.29) is 17.7 Å². The van der Waals surface area contributed by atoms with E-state index in [9.17, 15) is 14.9 Å². The number of carbonyl (C=O) groups is 1. The molecule has 19 heavy (non-hydrogen) atoms. The van der Waals surface area contributed by atoms with E-state index in [4.69, 9.17) is 10.8 Å². The van der Waals surface area contributed by atoms with Crippen LogP contribution in [-0.2, 0) is 4.79 Å². The molecule has 0 bridgehead atoms. The van der Waals surface area contributed by atoms with Crippen molar-refractivity contribution >= 4 is 43.3 Å². The molecule has 0 saturated carbocycles. The van der Waals surface area contributed by atoms with Crippen LogP contribution in [0, 0.1) is 10.1 Å². The molecule has 1 atom stereocenters. The maximum absolute atomic E-state index is 10.8. The number of benzene rings is 1. The van der Waals surface area contributed by atoms with Gasteiger partial charge in [-0.2, -0.15) is 0 Å². The van der Waals surface area contributed by atoms with E-state index in [1.54, 1.807) is 0 Å². The zero-order valence-electron chi connectivity index (χ0n) is 9.44. The Bertz CT molecular complexity index is 643. The fourth-order valence-corrected chi connectivity index (χ4v) is 2.64. The Morgan fingerprint density at radius 3 is 2.84 bits per heavy atom. The Hall–Kier alpha value is -2.03. The molecule has 0 saturated heterocycles. The number of hydrogen-bond acceptors (Lipinski definition) is 7. The average molecular weight is 330 g/mol. The number of non-ortho nitro benzene ring substituents is 1. The summed E-state index contributed by atoms with van der Waals surface area (Å²) in [6, 6.07) is 1.73. The van der Waals surface area contributed by atoms with E-state index in [1.165, 1.54) is 12.1 Å². The number of anilines is 1. The summed E-state index contributed by atoms with van der Waals surface area (Å²) in [5.74, 6) is -1.13. The van der Waals surface area contributed by atoms with Crippen molar-refractivity contribution in [1.29, 1.82) is 0 Å². The van der Waals surface area contributed by atoms with Crippen LogP contribution in [-0.4, -0.2) is 51.5 Å². The number of aromatic nitrogens is 2. The zero-order valence-corrected chi connectivity index (χ0v) is 11.2. The number of nitrogens with one attached hydrogen (secondary N) is 1. The van der Waals surface area contributed by atoms with Crippen LogP contribution in [0.4, 0.5) is 11.4 Å². The van der Waals surface area contributed by atoms with Crippen LogP contribution < -0.4 is 11.1 Å². The van der Waals surface area contributed by atoms with E-state index >= 15 is 0 Å². The normalized spacial score (nSPS) is 12.3. The molecule has 0 amide bonds. The van der Waals surface area contributed by atoms with Gasteiger partial charge in [-0.1, -0.05) is 0 Å².